The number of nitrogen functional groups attached to an aromatic ring is 1. The molecule has 0 saturated carbocycles. The van der Waals surface area contributed by atoms with Crippen molar-refractivity contribution >= 4 is 40.4 Å². The lowest BCUT2D eigenvalue weighted by Crippen LogP contribution is -1.97. The summed E-state index contributed by atoms with van der Waals surface area (Å²) in [5, 5.41) is 12.6. The maximum Gasteiger partial charge on any atom is 0.150 e. The van der Waals surface area contributed by atoms with Gasteiger partial charge in [0.05, 0.1) is 16.3 Å². The zero-order valence-corrected chi connectivity index (χ0v) is 10.6. The molecular formula is C12H8Cl2N4. The number of nitrogens with one attached hydrogen (secondary N) is 1. The molecule has 2 aromatic rings. The summed E-state index contributed by atoms with van der Waals surface area (Å²) < 4.78 is 0. The van der Waals surface area contributed by atoms with Gasteiger partial charge in [0.1, 0.15) is 11.1 Å². The molecule has 0 spiro atoms. The number of nitrogens with zero attached hydrogens (tertiary/aromatic N) is 2. The molecule has 0 aliphatic carbocycles. The second-order valence-electron chi connectivity index (χ2n) is 3.50. The Hall–Kier alpha value is -1.96. The third-order valence-corrected chi connectivity index (χ3v) is 2.97. The van der Waals surface area contributed by atoms with Crippen LogP contribution < -0.4 is 11.1 Å². The minimum Gasteiger partial charge on any atom is -0.399 e. The van der Waals surface area contributed by atoms with Crippen LogP contribution in [0.2, 0.25) is 10.0 Å². The van der Waals surface area contributed by atoms with E-state index in [1.165, 1.54) is 12.3 Å². The van der Waals surface area contributed by atoms with Crippen molar-refractivity contribution in [2.75, 3.05) is 11.1 Å². The van der Waals surface area contributed by atoms with Crippen LogP contribution in [-0.2, 0) is 0 Å². The number of hydrogen-bond donors (Lipinski definition) is 2. The smallest absolute Gasteiger partial charge is 0.150 e. The van der Waals surface area contributed by atoms with Crippen molar-refractivity contribution in [1.29, 1.82) is 5.26 Å². The highest BCUT2D eigenvalue weighted by atomic mass is 35.5. The maximum absolute atomic E-state index is 8.87. The molecule has 0 radical (unpaired) electrons. The molecule has 3 N–H and O–H groups in total. The van der Waals surface area contributed by atoms with E-state index in [0.29, 0.717) is 27.8 Å². The molecule has 0 fully saturated rings. The molecule has 0 saturated heterocycles. The molecule has 90 valence electrons. The van der Waals surface area contributed by atoms with E-state index in [1.807, 2.05) is 6.07 Å². The average molecular weight is 279 g/mol. The first kappa shape index (κ1) is 12.5. The van der Waals surface area contributed by atoms with Crippen LogP contribution in [0, 0.1) is 11.3 Å². The summed E-state index contributed by atoms with van der Waals surface area (Å²) in [6, 6.07) is 8.54. The fourth-order valence-corrected chi connectivity index (χ4v) is 1.75. The van der Waals surface area contributed by atoms with Crippen LogP contribution in [0.3, 0.4) is 0 Å². The monoisotopic (exact) mass is 278 g/mol. The third kappa shape index (κ3) is 2.48. The molecular weight excluding hydrogens is 271 g/mol. The van der Waals surface area contributed by atoms with Crippen molar-refractivity contribution in [1.82, 2.24) is 4.98 Å². The highest BCUT2D eigenvalue weighted by molar-refractivity contribution is 6.35. The average Bonchev–Trinajstić information content (AvgIpc) is 2.36. The van der Waals surface area contributed by atoms with Crippen LogP contribution >= 0.6 is 23.2 Å². The molecule has 18 heavy (non-hydrogen) atoms. The number of pyridine rings is 1. The SMILES string of the molecule is N#Cc1ccnc(Nc2cc(N)ccc2Cl)c1Cl. The molecule has 0 atom stereocenters. The molecule has 0 amide bonds. The van der Waals surface area contributed by atoms with E-state index in [0.717, 1.165) is 0 Å². The molecule has 0 bridgehead atoms. The van der Waals surface area contributed by atoms with Gasteiger partial charge in [-0.05, 0) is 24.3 Å². The Morgan fingerprint density at radius 2 is 2.06 bits per heavy atom. The van der Waals surface area contributed by atoms with Crippen LogP contribution in [0.4, 0.5) is 17.2 Å². The first-order valence-electron chi connectivity index (χ1n) is 4.98. The van der Waals surface area contributed by atoms with Gasteiger partial charge in [-0.2, -0.15) is 5.26 Å². The van der Waals surface area contributed by atoms with Gasteiger partial charge >= 0.3 is 0 Å². The van der Waals surface area contributed by atoms with Crippen LogP contribution in [0.15, 0.2) is 30.5 Å². The number of benzene rings is 1. The summed E-state index contributed by atoms with van der Waals surface area (Å²) in [6.45, 7) is 0. The fourth-order valence-electron chi connectivity index (χ4n) is 1.38. The van der Waals surface area contributed by atoms with Crippen molar-refractivity contribution in [2.45, 2.75) is 0 Å². The van der Waals surface area contributed by atoms with Crippen molar-refractivity contribution in [2.24, 2.45) is 0 Å². The lowest BCUT2D eigenvalue weighted by molar-refractivity contribution is 1.29. The lowest BCUT2D eigenvalue weighted by Gasteiger charge is -2.10. The Balaban J connectivity index is 2.41. The summed E-state index contributed by atoms with van der Waals surface area (Å²) in [6.07, 6.45) is 1.49. The molecule has 0 unspecified atom stereocenters. The van der Waals surface area contributed by atoms with Gasteiger partial charge in [0.15, 0.2) is 5.82 Å². The van der Waals surface area contributed by atoms with Gasteiger partial charge in [0, 0.05) is 11.9 Å². The summed E-state index contributed by atoms with van der Waals surface area (Å²) in [4.78, 5) is 4.06. The quantitative estimate of drug-likeness (QED) is 0.824. The van der Waals surface area contributed by atoms with E-state index in [-0.39, 0.29) is 5.02 Å². The van der Waals surface area contributed by atoms with Crippen molar-refractivity contribution in [3.05, 3.63) is 46.1 Å². The van der Waals surface area contributed by atoms with Crippen LogP contribution in [0.5, 0.6) is 0 Å². The molecule has 1 aromatic carbocycles. The predicted molar refractivity (Wildman–Crippen MR) is 73.1 cm³/mol. The maximum atomic E-state index is 8.87. The number of nitriles is 1. The Morgan fingerprint density at radius 1 is 1.28 bits per heavy atom. The number of rotatable bonds is 2. The van der Waals surface area contributed by atoms with E-state index in [1.54, 1.807) is 18.2 Å². The second-order valence-corrected chi connectivity index (χ2v) is 4.28. The summed E-state index contributed by atoms with van der Waals surface area (Å²) in [5.41, 5.74) is 7.16. The predicted octanol–water partition coefficient (Wildman–Crippen LogP) is 3.59. The summed E-state index contributed by atoms with van der Waals surface area (Å²) >= 11 is 12.0. The Kier molecular flexibility index (Phi) is 3.56. The van der Waals surface area contributed by atoms with Crippen molar-refractivity contribution in [3.63, 3.8) is 0 Å². The van der Waals surface area contributed by atoms with Crippen molar-refractivity contribution in [3.8, 4) is 6.07 Å². The first-order chi connectivity index (χ1) is 8.61. The number of nitrogens with two attached hydrogens (primary N) is 1. The zero-order valence-electron chi connectivity index (χ0n) is 9.11. The van der Waals surface area contributed by atoms with Crippen LogP contribution in [-0.4, -0.2) is 4.98 Å². The molecule has 0 aliphatic heterocycles. The first-order valence-corrected chi connectivity index (χ1v) is 5.74. The normalized spacial score (nSPS) is 9.83. The Morgan fingerprint density at radius 3 is 2.78 bits per heavy atom. The summed E-state index contributed by atoms with van der Waals surface area (Å²) in [5.74, 6) is 0.364. The molecule has 1 heterocycles. The minimum absolute atomic E-state index is 0.249. The molecule has 6 heteroatoms. The van der Waals surface area contributed by atoms with Gasteiger partial charge in [0.25, 0.3) is 0 Å². The fraction of sp³-hybridized carbons (Fsp3) is 0. The third-order valence-electron chi connectivity index (χ3n) is 2.25. The number of aromatic nitrogens is 1. The Labute approximate surface area is 114 Å². The van der Waals surface area contributed by atoms with E-state index in [2.05, 4.69) is 10.3 Å². The molecule has 1 aromatic heterocycles. The highest BCUT2D eigenvalue weighted by Crippen LogP contribution is 2.30. The standard InChI is InChI=1S/C12H8Cl2N4/c13-9-2-1-8(16)5-10(9)18-12-11(14)7(6-15)3-4-17-12/h1-5H,16H2,(H,17,18). The van der Waals surface area contributed by atoms with E-state index in [9.17, 15) is 0 Å². The highest BCUT2D eigenvalue weighted by Gasteiger charge is 2.09. The topological polar surface area (TPSA) is 74.7 Å². The Bertz CT molecular complexity index is 634. The van der Waals surface area contributed by atoms with Crippen LogP contribution in [0.1, 0.15) is 5.56 Å². The van der Waals surface area contributed by atoms with Gasteiger partial charge in [0.2, 0.25) is 0 Å². The van der Waals surface area contributed by atoms with Gasteiger partial charge in [-0.15, -0.1) is 0 Å². The van der Waals surface area contributed by atoms with Gasteiger partial charge in [-0.1, -0.05) is 23.2 Å². The van der Waals surface area contributed by atoms with E-state index in [4.69, 9.17) is 34.2 Å². The lowest BCUT2D eigenvalue weighted by atomic mass is 10.2. The number of hydrogen-bond acceptors (Lipinski definition) is 4. The van der Waals surface area contributed by atoms with E-state index < -0.39 is 0 Å². The molecule has 2 rings (SSSR count). The molecule has 4 nitrogen and oxygen atoms in total. The van der Waals surface area contributed by atoms with Crippen LogP contribution in [0.25, 0.3) is 0 Å². The van der Waals surface area contributed by atoms with Gasteiger partial charge < -0.3 is 11.1 Å². The van der Waals surface area contributed by atoms with Crippen molar-refractivity contribution < 1.29 is 0 Å². The summed E-state index contributed by atoms with van der Waals surface area (Å²) in [7, 11) is 0. The number of halogens is 2. The second kappa shape index (κ2) is 5.13. The van der Waals surface area contributed by atoms with E-state index >= 15 is 0 Å². The number of anilines is 3. The molecule has 0 aliphatic rings. The minimum atomic E-state index is 0.249. The zero-order chi connectivity index (χ0) is 13.1. The van der Waals surface area contributed by atoms with Gasteiger partial charge in [-0.25, -0.2) is 4.98 Å². The van der Waals surface area contributed by atoms with Gasteiger partial charge in [-0.3, -0.25) is 0 Å². The largest absolute Gasteiger partial charge is 0.399 e.